The minimum Gasteiger partial charge on any atom is -0.444 e. The van der Waals surface area contributed by atoms with E-state index in [0.717, 1.165) is 16.0 Å². The Kier molecular flexibility index (Phi) is 20.2. The summed E-state index contributed by atoms with van der Waals surface area (Å²) in [5, 5.41) is 4.72. The quantitative estimate of drug-likeness (QED) is 0.0774. The normalized spacial score (nSPS) is 30.7. The number of rotatable bonds is 14. The van der Waals surface area contributed by atoms with Gasteiger partial charge in [0.05, 0.1) is 129 Å². The molecule has 10 aliphatic rings. The minimum atomic E-state index is -0.824. The van der Waals surface area contributed by atoms with Crippen LogP contribution in [0.15, 0.2) is 141 Å². The van der Waals surface area contributed by atoms with Crippen LogP contribution in [0.25, 0.3) is 0 Å². The van der Waals surface area contributed by atoms with Crippen molar-refractivity contribution in [2.45, 2.75) is 115 Å². The molecule has 0 aliphatic carbocycles. The second kappa shape index (κ2) is 27.7. The third kappa shape index (κ3) is 14.0. The molecule has 26 nitrogen and oxygen atoms in total. The molecule has 26 heteroatoms. The molecular formula is C66H79N10O16+. The number of ether oxygens (including phenoxy) is 6. The van der Waals surface area contributed by atoms with Crippen LogP contribution in [-0.2, 0) is 79.9 Å². The number of fused-ring (bicyclic) bond motifs is 12. The van der Waals surface area contributed by atoms with Crippen molar-refractivity contribution < 1.29 is 81.4 Å². The van der Waals surface area contributed by atoms with Crippen LogP contribution in [0.2, 0.25) is 0 Å². The Morgan fingerprint density at radius 3 is 1.18 bits per heavy atom. The number of imide groups is 4. The van der Waals surface area contributed by atoms with Gasteiger partial charge in [-0.3, -0.25) is 90.0 Å². The number of hydrogen-bond acceptors (Lipinski definition) is 17. The topological polar surface area (TPSA) is 341 Å². The molecule has 16 atom stereocenters. The fraction of sp³-hybridized carbons (Fsp3) is 0.455. The monoisotopic (exact) mass is 1270 g/mol. The van der Waals surface area contributed by atoms with Gasteiger partial charge >= 0.3 is 18.1 Å². The summed E-state index contributed by atoms with van der Waals surface area (Å²) in [6.07, 6.45) is 8.27. The van der Waals surface area contributed by atoms with E-state index in [4.69, 9.17) is 39.9 Å². The Bertz CT molecular complexity index is 3320. The number of likely N-dealkylation sites (tertiary alicyclic amines) is 4. The fourth-order valence-electron chi connectivity index (χ4n) is 13.1. The highest BCUT2D eigenvalue weighted by Gasteiger charge is 2.63. The Balaban J connectivity index is 0.000000169. The molecule has 7 N–H and O–H groups in total. The van der Waals surface area contributed by atoms with Crippen molar-refractivity contribution in [2.24, 2.45) is 63.8 Å². The first kappa shape index (κ1) is 67.2. The predicted octanol–water partition coefficient (Wildman–Crippen LogP) is 1.46. The summed E-state index contributed by atoms with van der Waals surface area (Å²) in [6, 6.07) is 18.9. The average molecular weight is 1270 g/mol. The Hall–Kier alpha value is -9.24. The highest BCUT2D eigenvalue weighted by Crippen LogP contribution is 2.48. The molecule has 0 radical (unpaired) electrons. The van der Waals surface area contributed by atoms with E-state index in [1.165, 1.54) is 26.9 Å². The maximum absolute atomic E-state index is 13.4. The van der Waals surface area contributed by atoms with E-state index in [1.807, 2.05) is 85.0 Å². The number of nitrogens with two attached hydrogens (primary N) is 2. The number of nitrogens with one attached hydrogen (secondary N) is 3. The zero-order valence-electron chi connectivity index (χ0n) is 52.1. The maximum atomic E-state index is 13.4. The van der Waals surface area contributed by atoms with Crippen molar-refractivity contribution in [2.75, 3.05) is 26.2 Å². The minimum absolute atomic E-state index is 0.000393. The van der Waals surface area contributed by atoms with E-state index in [0.29, 0.717) is 6.54 Å². The molecule has 92 heavy (non-hydrogen) atoms. The van der Waals surface area contributed by atoms with Gasteiger partial charge in [-0.2, -0.15) is 0 Å². The lowest BCUT2D eigenvalue weighted by Gasteiger charge is -2.22. The van der Waals surface area contributed by atoms with Gasteiger partial charge in [0.2, 0.25) is 53.2 Å². The number of hydrogen-bond donors (Lipinski definition) is 5. The van der Waals surface area contributed by atoms with Crippen LogP contribution in [0.4, 0.5) is 9.59 Å². The molecular weight excluding hydrogens is 1190 g/mol. The van der Waals surface area contributed by atoms with Gasteiger partial charge in [0.1, 0.15) is 11.2 Å². The summed E-state index contributed by atoms with van der Waals surface area (Å²) in [7, 11) is 0. The average Bonchev–Trinajstić information content (AvgIpc) is 1.61. The highest BCUT2D eigenvalue weighted by molar-refractivity contribution is 6.09. The highest BCUT2D eigenvalue weighted by atomic mass is 16.6. The Morgan fingerprint density at radius 1 is 0.511 bits per heavy atom. The smallest absolute Gasteiger partial charge is 0.414 e. The number of nitrogens with zero attached hydrogens (tertiary/aromatic N) is 5. The summed E-state index contributed by atoms with van der Waals surface area (Å²) in [5.41, 5.74) is 11.1. The van der Waals surface area contributed by atoms with Gasteiger partial charge < -0.3 is 28.4 Å². The largest absolute Gasteiger partial charge is 0.444 e. The van der Waals surface area contributed by atoms with E-state index < -0.39 is 83.3 Å². The van der Waals surface area contributed by atoms with Gasteiger partial charge in [-0.25, -0.2) is 9.59 Å². The van der Waals surface area contributed by atoms with E-state index in [9.17, 15) is 47.9 Å². The Morgan fingerprint density at radius 2 is 0.837 bits per heavy atom. The number of aliphatic imine (C=N–C) groups is 1. The number of alkyl carbamates (subject to hydrolysis) is 2. The zero-order chi connectivity index (χ0) is 66.7. The molecule has 10 heterocycles. The molecule has 8 saturated heterocycles. The maximum Gasteiger partial charge on any atom is 0.414 e. The first-order valence-electron chi connectivity index (χ1n) is 30.3. The molecule has 2 aromatic rings. The van der Waals surface area contributed by atoms with Gasteiger partial charge in [0.25, 0.3) is 0 Å². The number of benzene rings is 2. The standard InChI is InChI=1S/C28H31N5O6.C21H30N4O7.C15H13NO3.C2H4/c1-3-16-20-22(25(35)32(24(20)34)13-12-31-28(29)30)18(38-16)10-11-19-23-21(17(4-2)39-19)26(36)33(27(23)37)14-15-8-6-5-7-9-15;1-20(2,3)31-18(28)23-17(24-19(29)32-21(4,5)6)22-9-10-25-15(26)13-11-7-8-12(30-11)14(13)16(25)27;17-14-12-10-6-7-11(19-10)13(12)15(18)16(14)8-9-4-2-1-3-5-9;1-2/h3-11,16-23H,1-2,12-14H2,(H4,29,30,31);7-8,11-14H,9-10H2,1-6H3,(H2,22,23,24,28,29);1-7,10-13H,8H2;1-2H2/p+1/b11-10-;;;. The van der Waals surface area contributed by atoms with Gasteiger partial charge in [-0.05, 0) is 52.7 Å². The predicted molar refractivity (Wildman–Crippen MR) is 329 cm³/mol. The van der Waals surface area contributed by atoms with Crippen LogP contribution in [-0.4, -0.2) is 177 Å². The van der Waals surface area contributed by atoms with Crippen LogP contribution in [0.1, 0.15) is 52.7 Å². The molecule has 12 rings (SSSR count). The first-order chi connectivity index (χ1) is 43.8. The molecule has 2 aromatic carbocycles. The van der Waals surface area contributed by atoms with Gasteiger partial charge in [-0.15, -0.1) is 26.3 Å². The zero-order valence-corrected chi connectivity index (χ0v) is 52.1. The molecule has 0 aromatic heterocycles. The molecule has 16 unspecified atom stereocenters. The van der Waals surface area contributed by atoms with E-state index in [-0.39, 0.29) is 128 Å². The molecule has 0 saturated carbocycles. The molecule has 488 valence electrons. The van der Waals surface area contributed by atoms with E-state index in [1.54, 1.807) is 53.7 Å². The van der Waals surface area contributed by atoms with Gasteiger partial charge in [-0.1, -0.05) is 109 Å². The summed E-state index contributed by atoms with van der Waals surface area (Å²) in [5.74, 6) is -6.78. The van der Waals surface area contributed by atoms with E-state index in [2.05, 4.69) is 46.9 Å². The summed E-state index contributed by atoms with van der Waals surface area (Å²) >= 11 is 0. The van der Waals surface area contributed by atoms with Crippen LogP contribution in [0.3, 0.4) is 0 Å². The fourth-order valence-corrected chi connectivity index (χ4v) is 13.1. The molecule has 0 spiro atoms. The molecule has 10 amide bonds. The second-order valence-corrected chi connectivity index (χ2v) is 25.1. The van der Waals surface area contributed by atoms with Crippen molar-refractivity contribution in [3.63, 3.8) is 0 Å². The van der Waals surface area contributed by atoms with Crippen LogP contribution >= 0.6 is 0 Å². The molecule has 4 bridgehead atoms. The van der Waals surface area contributed by atoms with Gasteiger partial charge in [0, 0.05) is 6.54 Å². The van der Waals surface area contributed by atoms with Crippen LogP contribution in [0, 0.1) is 47.3 Å². The van der Waals surface area contributed by atoms with Crippen LogP contribution in [0.5, 0.6) is 0 Å². The summed E-state index contributed by atoms with van der Waals surface area (Å²) < 4.78 is 33.6. The third-order valence-corrected chi connectivity index (χ3v) is 16.8. The van der Waals surface area contributed by atoms with Crippen molar-refractivity contribution >= 4 is 71.4 Å². The molecule has 10 aliphatic heterocycles. The lowest BCUT2D eigenvalue weighted by atomic mass is 9.85. The number of amides is 10. The lowest BCUT2D eigenvalue weighted by molar-refractivity contribution is -0.458. The lowest BCUT2D eigenvalue weighted by Crippen LogP contribution is -2.79. The summed E-state index contributed by atoms with van der Waals surface area (Å²) in [6.45, 7) is 24.5. The number of guanidine groups is 2. The second-order valence-electron chi connectivity index (χ2n) is 25.1. The van der Waals surface area contributed by atoms with Crippen LogP contribution < -0.4 is 27.1 Å². The SMILES string of the molecule is C=C.C=CC1OC(/C=C\C2OC(C=C)C3C(=O)N(Cc4ccccc4)C(=O)C23)C2C(=O)N(CC[NH+]=C(N)N)C(=O)C12.CC(C)(C)OC(=O)NC(=NCCN1C(=O)C2C3C=CC(O3)C2C1=O)NC(=O)OC(C)(C)C.O=C1C2C3C=CC(O3)C2C(=O)N1Cc1ccccc1. The molecule has 8 fully saturated rings. The third-order valence-electron chi connectivity index (χ3n) is 16.8. The van der Waals surface area contributed by atoms with Crippen molar-refractivity contribution in [3.8, 4) is 0 Å². The number of carbonyl (C=O) groups is 10. The first-order valence-corrected chi connectivity index (χ1v) is 30.3. The number of carbonyl (C=O) groups excluding carboxylic acids is 10. The van der Waals surface area contributed by atoms with Crippen molar-refractivity contribution in [1.29, 1.82) is 0 Å². The van der Waals surface area contributed by atoms with Crippen molar-refractivity contribution in [1.82, 2.24) is 30.2 Å². The Labute approximate surface area is 532 Å². The van der Waals surface area contributed by atoms with Crippen molar-refractivity contribution in [3.05, 3.63) is 147 Å². The van der Waals surface area contributed by atoms with Gasteiger partial charge in [0.15, 0.2) is 0 Å². The van der Waals surface area contributed by atoms with E-state index >= 15 is 0 Å². The summed E-state index contributed by atoms with van der Waals surface area (Å²) in [4.78, 5) is 139.